The van der Waals surface area contributed by atoms with E-state index in [1.54, 1.807) is 7.11 Å². The van der Waals surface area contributed by atoms with Crippen LogP contribution in [0.5, 0.6) is 5.88 Å². The lowest BCUT2D eigenvalue weighted by atomic mass is 9.73. The first-order chi connectivity index (χ1) is 17.7. The second kappa shape index (κ2) is 11.2. The number of carbonyl (C=O) groups is 1. The number of para-hydroxylation sites is 1. The SMILES string of the molecule is CCOC(=O)[C@H]1N[C@@H](c2ccccc2C(C)C)[C@@H](OCc2cc3ccccc3nc2OC)[C@@H]1C(C)(C)C. The number of methoxy groups -OCH3 is 1. The summed E-state index contributed by atoms with van der Waals surface area (Å²) in [7, 11) is 1.63. The standard InChI is InChI=1S/C31H40N2O4/c1-8-36-30(34)27-25(31(4,5)6)28(26(33-27)23-15-11-10-14-22(23)19(2)3)37-18-21-17-20-13-9-12-16-24(20)32-29(21)35-7/h9-17,19,25-28,33H,8,18H2,1-7H3/t25-,26+,27+,28+/m1/s1. The van der Waals surface area contributed by atoms with Crippen LogP contribution in [-0.4, -0.2) is 36.8 Å². The molecule has 3 aromatic rings. The van der Waals surface area contributed by atoms with Crippen molar-refractivity contribution in [2.45, 2.75) is 72.3 Å². The average molecular weight is 505 g/mol. The van der Waals surface area contributed by atoms with E-state index < -0.39 is 6.04 Å². The van der Waals surface area contributed by atoms with Crippen LogP contribution in [0, 0.1) is 11.3 Å². The van der Waals surface area contributed by atoms with Crippen LogP contribution >= 0.6 is 0 Å². The Morgan fingerprint density at radius 1 is 1.08 bits per heavy atom. The molecular weight excluding hydrogens is 464 g/mol. The maximum atomic E-state index is 13.2. The van der Waals surface area contributed by atoms with E-state index in [9.17, 15) is 4.79 Å². The van der Waals surface area contributed by atoms with Crippen molar-refractivity contribution in [2.75, 3.05) is 13.7 Å². The monoisotopic (exact) mass is 504 g/mol. The number of hydrogen-bond acceptors (Lipinski definition) is 6. The molecule has 0 unspecified atom stereocenters. The third kappa shape index (κ3) is 5.65. The van der Waals surface area contributed by atoms with Crippen LogP contribution in [0.4, 0.5) is 0 Å². The largest absolute Gasteiger partial charge is 0.481 e. The predicted octanol–water partition coefficient (Wildman–Crippen LogP) is 6.19. The first kappa shape index (κ1) is 27.1. The third-order valence-corrected chi connectivity index (χ3v) is 7.28. The Morgan fingerprint density at radius 3 is 2.46 bits per heavy atom. The molecule has 1 aliphatic heterocycles. The molecule has 0 bridgehead atoms. The first-order valence-corrected chi connectivity index (χ1v) is 13.2. The van der Waals surface area contributed by atoms with Gasteiger partial charge >= 0.3 is 5.97 Å². The fourth-order valence-corrected chi connectivity index (χ4v) is 5.62. The topological polar surface area (TPSA) is 69.7 Å². The minimum Gasteiger partial charge on any atom is -0.481 e. The molecule has 0 aliphatic carbocycles. The van der Waals surface area contributed by atoms with Gasteiger partial charge in [0.05, 0.1) is 38.0 Å². The van der Waals surface area contributed by atoms with Gasteiger partial charge in [0.15, 0.2) is 0 Å². The molecule has 37 heavy (non-hydrogen) atoms. The van der Waals surface area contributed by atoms with E-state index in [0.29, 0.717) is 25.0 Å². The maximum absolute atomic E-state index is 13.2. The molecule has 4 atom stereocenters. The summed E-state index contributed by atoms with van der Waals surface area (Å²) in [4.78, 5) is 17.9. The van der Waals surface area contributed by atoms with Gasteiger partial charge < -0.3 is 14.2 Å². The molecule has 1 aliphatic rings. The van der Waals surface area contributed by atoms with E-state index in [-0.39, 0.29) is 29.4 Å². The van der Waals surface area contributed by atoms with Gasteiger partial charge in [0.2, 0.25) is 5.88 Å². The summed E-state index contributed by atoms with van der Waals surface area (Å²) in [5.41, 5.74) is 3.94. The number of nitrogens with one attached hydrogen (secondary N) is 1. The molecule has 1 saturated heterocycles. The van der Waals surface area contributed by atoms with E-state index in [1.807, 2.05) is 31.2 Å². The molecule has 2 heterocycles. The Kier molecular flexibility index (Phi) is 8.20. The molecule has 1 fully saturated rings. The number of carbonyl (C=O) groups excluding carboxylic acids is 1. The maximum Gasteiger partial charge on any atom is 0.323 e. The van der Waals surface area contributed by atoms with Crippen molar-refractivity contribution in [2.24, 2.45) is 11.3 Å². The van der Waals surface area contributed by atoms with Crippen LogP contribution in [-0.2, 0) is 20.9 Å². The van der Waals surface area contributed by atoms with Gasteiger partial charge in [-0.25, -0.2) is 4.98 Å². The Bertz CT molecular complexity index is 1230. The Labute approximate surface area is 220 Å². The molecule has 4 rings (SSSR count). The number of benzene rings is 2. The molecule has 6 nitrogen and oxygen atoms in total. The van der Waals surface area contributed by atoms with Crippen LogP contribution in [0.25, 0.3) is 10.9 Å². The molecular formula is C31H40N2O4. The van der Waals surface area contributed by atoms with Gasteiger partial charge in [0, 0.05) is 16.9 Å². The van der Waals surface area contributed by atoms with Crippen LogP contribution in [0.15, 0.2) is 54.6 Å². The molecule has 0 amide bonds. The van der Waals surface area contributed by atoms with Crippen molar-refractivity contribution in [3.05, 3.63) is 71.3 Å². The van der Waals surface area contributed by atoms with Crippen LogP contribution in [0.1, 0.15) is 70.2 Å². The first-order valence-electron chi connectivity index (χ1n) is 13.2. The number of ether oxygens (including phenoxy) is 3. The number of aromatic nitrogens is 1. The summed E-state index contributed by atoms with van der Waals surface area (Å²) in [6.45, 7) is 13.4. The quantitative estimate of drug-likeness (QED) is 0.369. The van der Waals surface area contributed by atoms with E-state index in [0.717, 1.165) is 22.0 Å². The van der Waals surface area contributed by atoms with Crippen molar-refractivity contribution in [1.82, 2.24) is 10.3 Å². The van der Waals surface area contributed by atoms with Crippen molar-refractivity contribution < 1.29 is 19.0 Å². The van der Waals surface area contributed by atoms with Gasteiger partial charge in [0.1, 0.15) is 6.04 Å². The lowest BCUT2D eigenvalue weighted by Crippen LogP contribution is -2.44. The van der Waals surface area contributed by atoms with E-state index in [2.05, 4.69) is 70.3 Å². The number of fused-ring (bicyclic) bond motifs is 1. The summed E-state index contributed by atoms with van der Waals surface area (Å²) in [5, 5.41) is 4.67. The van der Waals surface area contributed by atoms with Gasteiger partial charge in [-0.15, -0.1) is 0 Å². The van der Waals surface area contributed by atoms with Crippen molar-refractivity contribution in [1.29, 1.82) is 0 Å². The zero-order valence-electron chi connectivity index (χ0n) is 23.1. The number of nitrogens with zero attached hydrogens (tertiary/aromatic N) is 1. The fourth-order valence-electron chi connectivity index (χ4n) is 5.62. The van der Waals surface area contributed by atoms with Crippen LogP contribution < -0.4 is 10.1 Å². The smallest absolute Gasteiger partial charge is 0.323 e. The molecule has 2 aromatic carbocycles. The molecule has 0 saturated carbocycles. The highest BCUT2D eigenvalue weighted by Gasteiger charge is 2.53. The molecule has 0 spiro atoms. The van der Waals surface area contributed by atoms with Gasteiger partial charge in [-0.2, -0.15) is 0 Å². The van der Waals surface area contributed by atoms with E-state index in [1.165, 1.54) is 5.56 Å². The fraction of sp³-hybridized carbons (Fsp3) is 0.484. The molecule has 6 heteroatoms. The van der Waals surface area contributed by atoms with E-state index >= 15 is 0 Å². The Morgan fingerprint density at radius 2 is 1.78 bits per heavy atom. The highest BCUT2D eigenvalue weighted by molar-refractivity contribution is 5.80. The highest BCUT2D eigenvalue weighted by atomic mass is 16.5. The predicted molar refractivity (Wildman–Crippen MR) is 147 cm³/mol. The van der Waals surface area contributed by atoms with Gasteiger partial charge in [0.25, 0.3) is 0 Å². The lowest BCUT2D eigenvalue weighted by molar-refractivity contribution is -0.148. The van der Waals surface area contributed by atoms with Crippen molar-refractivity contribution >= 4 is 16.9 Å². The number of rotatable bonds is 8. The summed E-state index contributed by atoms with van der Waals surface area (Å²) in [5.74, 6) is 0.540. The Balaban J connectivity index is 1.76. The average Bonchev–Trinajstić information content (AvgIpc) is 3.27. The lowest BCUT2D eigenvalue weighted by Gasteiger charge is -2.35. The van der Waals surface area contributed by atoms with Crippen molar-refractivity contribution in [3.8, 4) is 5.88 Å². The summed E-state index contributed by atoms with van der Waals surface area (Å²) in [6, 6.07) is 17.8. The minimum absolute atomic E-state index is 0.115. The van der Waals surface area contributed by atoms with Gasteiger partial charge in [-0.1, -0.05) is 77.1 Å². The normalized spacial score (nSPS) is 21.9. The summed E-state index contributed by atoms with van der Waals surface area (Å²) >= 11 is 0. The van der Waals surface area contributed by atoms with Crippen LogP contribution in [0.2, 0.25) is 0 Å². The second-order valence-corrected chi connectivity index (χ2v) is 11.2. The van der Waals surface area contributed by atoms with Crippen molar-refractivity contribution in [3.63, 3.8) is 0 Å². The van der Waals surface area contributed by atoms with Gasteiger partial charge in [-0.3, -0.25) is 10.1 Å². The summed E-state index contributed by atoms with van der Waals surface area (Å²) < 4.78 is 17.9. The molecule has 1 aromatic heterocycles. The van der Waals surface area contributed by atoms with Crippen LogP contribution in [0.3, 0.4) is 0 Å². The molecule has 0 radical (unpaired) electrons. The molecule has 198 valence electrons. The van der Waals surface area contributed by atoms with E-state index in [4.69, 9.17) is 19.2 Å². The van der Waals surface area contributed by atoms with Gasteiger partial charge in [-0.05, 0) is 41.5 Å². The molecule has 1 N–H and O–H groups in total. The Hall–Kier alpha value is -2.96. The second-order valence-electron chi connectivity index (χ2n) is 11.2. The number of esters is 1. The highest BCUT2D eigenvalue weighted by Crippen LogP contribution is 2.46. The zero-order chi connectivity index (χ0) is 26.7. The zero-order valence-corrected chi connectivity index (χ0v) is 23.1. The third-order valence-electron chi connectivity index (χ3n) is 7.28. The summed E-state index contributed by atoms with van der Waals surface area (Å²) in [6.07, 6.45) is -0.273. The number of pyridine rings is 1. The number of hydrogen-bond donors (Lipinski definition) is 1. The minimum atomic E-state index is -0.480.